The van der Waals surface area contributed by atoms with Crippen LogP contribution in [0.15, 0.2) is 24.3 Å². The maximum atomic E-state index is 5.62. The molecule has 1 aromatic carbocycles. The van der Waals surface area contributed by atoms with Crippen molar-refractivity contribution in [3.63, 3.8) is 0 Å². The van der Waals surface area contributed by atoms with Gasteiger partial charge in [0.2, 0.25) is 0 Å². The van der Waals surface area contributed by atoms with Crippen molar-refractivity contribution in [3.8, 4) is 5.75 Å². The highest BCUT2D eigenvalue weighted by atomic mass is 16.5. The summed E-state index contributed by atoms with van der Waals surface area (Å²) in [7, 11) is 1.79. The highest BCUT2D eigenvalue weighted by Gasteiger charge is 2.61. The molecular formula is C18H27NO. The summed E-state index contributed by atoms with van der Waals surface area (Å²) in [4.78, 5) is 0. The molecule has 0 unspecified atom stereocenters. The van der Waals surface area contributed by atoms with E-state index in [1.165, 1.54) is 31.2 Å². The molecule has 20 heavy (non-hydrogen) atoms. The molecule has 2 fully saturated rings. The Labute approximate surface area is 122 Å². The molecule has 2 saturated carbocycles. The van der Waals surface area contributed by atoms with Crippen LogP contribution in [0.25, 0.3) is 0 Å². The van der Waals surface area contributed by atoms with E-state index in [-0.39, 0.29) is 0 Å². The second-order valence-corrected chi connectivity index (χ2v) is 7.36. The standard InChI is InChI=1S/C18H27NO/c1-14(2)10-19-13-18(11-17(12-18)8-9-17)15-6-4-5-7-16(15)20-3/h4-7,14,19H,8-13H2,1-3H3. The molecule has 110 valence electrons. The molecule has 1 aromatic rings. The lowest BCUT2D eigenvalue weighted by Crippen LogP contribution is -2.50. The van der Waals surface area contributed by atoms with E-state index in [9.17, 15) is 0 Å². The number of hydrogen-bond donors (Lipinski definition) is 1. The van der Waals surface area contributed by atoms with Gasteiger partial charge in [0.25, 0.3) is 0 Å². The summed E-state index contributed by atoms with van der Waals surface area (Å²) in [6.07, 6.45) is 5.55. The molecule has 1 N–H and O–H groups in total. The third-order valence-corrected chi connectivity index (χ3v) is 5.08. The normalized spacial score (nSPS) is 21.8. The number of para-hydroxylation sites is 1. The fourth-order valence-electron chi connectivity index (χ4n) is 4.01. The summed E-state index contributed by atoms with van der Waals surface area (Å²) in [5.74, 6) is 1.77. The van der Waals surface area contributed by atoms with E-state index in [2.05, 4.69) is 43.4 Å². The summed E-state index contributed by atoms with van der Waals surface area (Å²) in [5, 5.41) is 3.69. The Morgan fingerprint density at radius 1 is 1.20 bits per heavy atom. The Morgan fingerprint density at radius 3 is 2.50 bits per heavy atom. The molecule has 0 radical (unpaired) electrons. The first-order valence-corrected chi connectivity index (χ1v) is 7.93. The smallest absolute Gasteiger partial charge is 0.122 e. The average molecular weight is 273 g/mol. The van der Waals surface area contributed by atoms with Gasteiger partial charge in [-0.3, -0.25) is 0 Å². The van der Waals surface area contributed by atoms with Crippen LogP contribution >= 0.6 is 0 Å². The van der Waals surface area contributed by atoms with Crippen molar-refractivity contribution < 1.29 is 4.74 Å². The Kier molecular flexibility index (Phi) is 3.53. The number of methoxy groups -OCH3 is 1. The first-order valence-electron chi connectivity index (χ1n) is 7.93. The van der Waals surface area contributed by atoms with E-state index >= 15 is 0 Å². The summed E-state index contributed by atoms with van der Waals surface area (Å²) in [5.41, 5.74) is 2.41. The Hall–Kier alpha value is -1.02. The van der Waals surface area contributed by atoms with E-state index in [0.717, 1.165) is 18.8 Å². The first kappa shape index (κ1) is 13.9. The third-order valence-electron chi connectivity index (χ3n) is 5.08. The third kappa shape index (κ3) is 2.46. The van der Waals surface area contributed by atoms with Gasteiger partial charge in [-0.25, -0.2) is 0 Å². The van der Waals surface area contributed by atoms with E-state index < -0.39 is 0 Å². The van der Waals surface area contributed by atoms with Crippen LogP contribution in [0.3, 0.4) is 0 Å². The molecular weight excluding hydrogens is 246 g/mol. The number of nitrogens with one attached hydrogen (secondary N) is 1. The van der Waals surface area contributed by atoms with Crippen LogP contribution in [0.5, 0.6) is 5.75 Å². The first-order chi connectivity index (χ1) is 9.59. The van der Waals surface area contributed by atoms with Crippen molar-refractivity contribution in [1.82, 2.24) is 5.32 Å². The largest absolute Gasteiger partial charge is 0.496 e. The van der Waals surface area contributed by atoms with Crippen LogP contribution in [0.4, 0.5) is 0 Å². The maximum absolute atomic E-state index is 5.62. The molecule has 0 heterocycles. The van der Waals surface area contributed by atoms with Gasteiger partial charge in [-0.15, -0.1) is 0 Å². The van der Waals surface area contributed by atoms with Crippen molar-refractivity contribution in [2.75, 3.05) is 20.2 Å². The van der Waals surface area contributed by atoms with Crippen LogP contribution < -0.4 is 10.1 Å². The molecule has 0 amide bonds. The predicted octanol–water partition coefficient (Wildman–Crippen LogP) is 3.75. The van der Waals surface area contributed by atoms with Gasteiger partial charge in [-0.2, -0.15) is 0 Å². The molecule has 2 heteroatoms. The lowest BCUT2D eigenvalue weighted by atomic mass is 9.56. The number of hydrogen-bond acceptors (Lipinski definition) is 2. The summed E-state index contributed by atoms with van der Waals surface area (Å²) in [6.45, 7) is 6.73. The lowest BCUT2D eigenvalue weighted by molar-refractivity contribution is 0.112. The van der Waals surface area contributed by atoms with Crippen molar-refractivity contribution in [3.05, 3.63) is 29.8 Å². The van der Waals surface area contributed by atoms with Gasteiger partial charge in [-0.1, -0.05) is 32.0 Å². The number of benzene rings is 1. The highest BCUT2D eigenvalue weighted by molar-refractivity contribution is 5.43. The Balaban J connectivity index is 1.79. The SMILES string of the molecule is COc1ccccc1C1(CNCC(C)C)CC2(CC2)C1. The maximum Gasteiger partial charge on any atom is 0.122 e. The number of rotatable bonds is 6. The van der Waals surface area contributed by atoms with Crippen molar-refractivity contribution in [2.24, 2.45) is 11.3 Å². The van der Waals surface area contributed by atoms with Crippen LogP contribution in [0, 0.1) is 11.3 Å². The minimum absolute atomic E-state index is 0.304. The van der Waals surface area contributed by atoms with Crippen LogP contribution in [-0.4, -0.2) is 20.2 Å². The van der Waals surface area contributed by atoms with Crippen molar-refractivity contribution in [1.29, 1.82) is 0 Å². The number of ether oxygens (including phenoxy) is 1. The van der Waals surface area contributed by atoms with Gasteiger partial charge in [-0.05, 0) is 49.6 Å². The van der Waals surface area contributed by atoms with Crippen molar-refractivity contribution >= 4 is 0 Å². The minimum Gasteiger partial charge on any atom is -0.496 e. The van der Waals surface area contributed by atoms with Gasteiger partial charge in [0.15, 0.2) is 0 Å². The van der Waals surface area contributed by atoms with E-state index in [1.54, 1.807) is 7.11 Å². The molecule has 1 spiro atoms. The van der Waals surface area contributed by atoms with Gasteiger partial charge in [0.1, 0.15) is 5.75 Å². The van der Waals surface area contributed by atoms with Crippen LogP contribution in [-0.2, 0) is 5.41 Å². The fourth-order valence-corrected chi connectivity index (χ4v) is 4.01. The Bertz CT molecular complexity index is 468. The van der Waals surface area contributed by atoms with Crippen LogP contribution in [0.2, 0.25) is 0 Å². The summed E-state index contributed by atoms with van der Waals surface area (Å²) < 4.78 is 5.62. The van der Waals surface area contributed by atoms with E-state index in [1.807, 2.05) is 0 Å². The fraction of sp³-hybridized carbons (Fsp3) is 0.667. The molecule has 0 bridgehead atoms. The van der Waals surface area contributed by atoms with E-state index in [4.69, 9.17) is 4.74 Å². The van der Waals surface area contributed by atoms with Crippen molar-refractivity contribution in [2.45, 2.75) is 44.9 Å². The topological polar surface area (TPSA) is 21.3 Å². The van der Waals surface area contributed by atoms with Gasteiger partial charge in [0, 0.05) is 17.5 Å². The molecule has 0 atom stereocenters. The van der Waals surface area contributed by atoms with Gasteiger partial charge >= 0.3 is 0 Å². The molecule has 0 aliphatic heterocycles. The van der Waals surface area contributed by atoms with Gasteiger partial charge in [0.05, 0.1) is 7.11 Å². The summed E-state index contributed by atoms with van der Waals surface area (Å²) in [6, 6.07) is 8.60. The van der Waals surface area contributed by atoms with E-state index in [0.29, 0.717) is 16.7 Å². The monoisotopic (exact) mass is 273 g/mol. The molecule has 0 aromatic heterocycles. The molecule has 0 saturated heterocycles. The minimum atomic E-state index is 0.304. The quantitative estimate of drug-likeness (QED) is 0.852. The molecule has 3 rings (SSSR count). The second kappa shape index (κ2) is 5.07. The second-order valence-electron chi connectivity index (χ2n) is 7.36. The van der Waals surface area contributed by atoms with Crippen LogP contribution in [0.1, 0.15) is 45.1 Å². The van der Waals surface area contributed by atoms with Gasteiger partial charge < -0.3 is 10.1 Å². The highest BCUT2D eigenvalue weighted by Crippen LogP contribution is 2.69. The summed E-state index contributed by atoms with van der Waals surface area (Å²) >= 11 is 0. The predicted molar refractivity (Wildman–Crippen MR) is 83.3 cm³/mol. The molecule has 2 nitrogen and oxygen atoms in total. The lowest BCUT2D eigenvalue weighted by Gasteiger charge is -2.50. The molecule has 2 aliphatic carbocycles. The zero-order chi connectivity index (χ0) is 14.2. The molecule has 2 aliphatic rings. The average Bonchev–Trinajstić information content (AvgIpc) is 3.17. The zero-order valence-corrected chi connectivity index (χ0v) is 13.0. The zero-order valence-electron chi connectivity index (χ0n) is 13.0. The Morgan fingerprint density at radius 2 is 1.90 bits per heavy atom.